The zero-order valence-corrected chi connectivity index (χ0v) is 10.1. The van der Waals surface area contributed by atoms with Crippen LogP contribution in [0.3, 0.4) is 0 Å². The fourth-order valence-corrected chi connectivity index (χ4v) is 3.14. The molecule has 0 aliphatic rings. The lowest BCUT2D eigenvalue weighted by Crippen LogP contribution is -2.07. The third kappa shape index (κ3) is 3.12. The fourth-order valence-electron chi connectivity index (χ4n) is 1.22. The van der Waals surface area contributed by atoms with Crippen molar-refractivity contribution in [1.82, 2.24) is 0 Å². The van der Waals surface area contributed by atoms with Crippen molar-refractivity contribution in [1.29, 1.82) is 5.26 Å². The molecule has 16 heavy (non-hydrogen) atoms. The van der Waals surface area contributed by atoms with E-state index in [4.69, 9.17) is 22.6 Å². The van der Waals surface area contributed by atoms with E-state index in [0.29, 0.717) is 12.1 Å². The Morgan fingerprint density at radius 2 is 2.12 bits per heavy atom. The number of nitriles is 1. The van der Waals surface area contributed by atoms with E-state index >= 15 is 0 Å². The van der Waals surface area contributed by atoms with Crippen molar-refractivity contribution in [3.63, 3.8) is 0 Å². The van der Waals surface area contributed by atoms with E-state index in [1.54, 1.807) is 0 Å². The van der Waals surface area contributed by atoms with Gasteiger partial charge in [0.2, 0.25) is 0 Å². The first kappa shape index (κ1) is 12.8. The van der Waals surface area contributed by atoms with Crippen molar-refractivity contribution in [2.45, 2.75) is 17.7 Å². The zero-order chi connectivity index (χ0) is 12.2. The minimum absolute atomic E-state index is 0.0707. The van der Waals surface area contributed by atoms with E-state index in [9.17, 15) is 8.42 Å². The largest absolute Gasteiger partial charge is 0.399 e. The van der Waals surface area contributed by atoms with Crippen molar-refractivity contribution in [3.05, 3.63) is 23.2 Å². The molecule has 0 bridgehead atoms. The second-order valence-corrected chi connectivity index (χ2v) is 5.76. The fraction of sp³-hybridized carbons (Fsp3) is 0.300. The highest BCUT2D eigenvalue weighted by molar-refractivity contribution is 7.91. The van der Waals surface area contributed by atoms with Gasteiger partial charge in [-0.05, 0) is 24.6 Å². The van der Waals surface area contributed by atoms with Gasteiger partial charge in [-0.3, -0.25) is 0 Å². The van der Waals surface area contributed by atoms with Crippen molar-refractivity contribution in [2.24, 2.45) is 0 Å². The number of rotatable bonds is 4. The predicted molar refractivity (Wildman–Crippen MR) is 62.8 cm³/mol. The van der Waals surface area contributed by atoms with Crippen molar-refractivity contribution in [2.75, 3.05) is 11.5 Å². The lowest BCUT2D eigenvalue weighted by atomic mass is 10.3. The van der Waals surface area contributed by atoms with Crippen LogP contribution in [-0.2, 0) is 9.84 Å². The highest BCUT2D eigenvalue weighted by Gasteiger charge is 2.17. The molecule has 0 aliphatic carbocycles. The Bertz CT molecular complexity index is 520. The summed E-state index contributed by atoms with van der Waals surface area (Å²) in [4.78, 5) is 0.0707. The first-order chi connectivity index (χ1) is 7.47. The summed E-state index contributed by atoms with van der Waals surface area (Å²) in [5, 5.41) is 8.46. The Balaban J connectivity index is 2.95. The molecular weight excluding hydrogens is 248 g/mol. The summed E-state index contributed by atoms with van der Waals surface area (Å²) in [5.41, 5.74) is 5.89. The van der Waals surface area contributed by atoms with E-state index in [2.05, 4.69) is 0 Å². The Morgan fingerprint density at radius 1 is 1.44 bits per heavy atom. The standard InChI is InChI=1S/C10H11ClN2O2S/c11-9-7-8(13)3-4-10(9)16(14,15)6-2-1-5-12/h3-4,7H,1-2,6,13H2. The van der Waals surface area contributed by atoms with Gasteiger partial charge in [-0.2, -0.15) is 5.26 Å². The molecule has 1 aromatic carbocycles. The average molecular weight is 259 g/mol. The molecule has 0 fully saturated rings. The van der Waals surface area contributed by atoms with Gasteiger partial charge in [0.25, 0.3) is 0 Å². The summed E-state index contributed by atoms with van der Waals surface area (Å²) in [5.74, 6) is -0.0792. The molecule has 2 N–H and O–H groups in total. The van der Waals surface area contributed by atoms with Crippen molar-refractivity contribution >= 4 is 27.1 Å². The summed E-state index contributed by atoms with van der Waals surface area (Å²) in [6, 6.07) is 6.18. The summed E-state index contributed by atoms with van der Waals surface area (Å²) in [7, 11) is -3.42. The summed E-state index contributed by atoms with van der Waals surface area (Å²) in [6.07, 6.45) is 0.519. The number of hydrogen-bond donors (Lipinski definition) is 1. The van der Waals surface area contributed by atoms with Crippen LogP contribution in [0.1, 0.15) is 12.8 Å². The molecular formula is C10H11ClN2O2S. The van der Waals surface area contributed by atoms with E-state index in [1.807, 2.05) is 6.07 Å². The average Bonchev–Trinajstić information content (AvgIpc) is 2.17. The number of nitrogen functional groups attached to an aromatic ring is 1. The molecule has 1 aromatic rings. The topological polar surface area (TPSA) is 84.0 Å². The lowest BCUT2D eigenvalue weighted by Gasteiger charge is -2.05. The quantitative estimate of drug-likeness (QED) is 0.661. The monoisotopic (exact) mass is 258 g/mol. The van der Waals surface area contributed by atoms with Gasteiger partial charge in [0.05, 0.1) is 21.7 Å². The molecule has 0 saturated heterocycles. The minimum atomic E-state index is -3.42. The molecule has 6 heteroatoms. The first-order valence-corrected chi connectivity index (χ1v) is 6.65. The van der Waals surface area contributed by atoms with E-state index in [1.165, 1.54) is 18.2 Å². The predicted octanol–water partition coefficient (Wildman–Crippen LogP) is 2.00. The number of nitrogens with two attached hydrogens (primary N) is 1. The molecule has 0 atom stereocenters. The van der Waals surface area contributed by atoms with Crippen LogP contribution in [0.2, 0.25) is 5.02 Å². The normalized spacial score (nSPS) is 11.0. The van der Waals surface area contributed by atoms with Crippen molar-refractivity contribution in [3.8, 4) is 6.07 Å². The number of unbranched alkanes of at least 4 members (excludes halogenated alkanes) is 1. The van der Waals surface area contributed by atoms with Gasteiger partial charge in [0.15, 0.2) is 9.84 Å². The molecule has 0 heterocycles. The van der Waals surface area contributed by atoms with Crippen LogP contribution < -0.4 is 5.73 Å². The maximum absolute atomic E-state index is 11.8. The molecule has 0 unspecified atom stereocenters. The van der Waals surface area contributed by atoms with Crippen LogP contribution in [0.15, 0.2) is 23.1 Å². The molecule has 0 aromatic heterocycles. The third-order valence-corrected chi connectivity index (χ3v) is 4.27. The number of nitrogens with zero attached hydrogens (tertiary/aromatic N) is 1. The van der Waals surface area contributed by atoms with Gasteiger partial charge in [-0.1, -0.05) is 11.6 Å². The second kappa shape index (κ2) is 5.19. The summed E-state index contributed by atoms with van der Waals surface area (Å²) < 4.78 is 23.6. The SMILES string of the molecule is N#CCCCS(=O)(=O)c1ccc(N)cc1Cl. The molecule has 0 spiro atoms. The Morgan fingerprint density at radius 3 is 2.69 bits per heavy atom. The molecule has 0 saturated carbocycles. The molecule has 4 nitrogen and oxygen atoms in total. The first-order valence-electron chi connectivity index (χ1n) is 4.62. The maximum atomic E-state index is 11.8. The van der Waals surface area contributed by atoms with Crippen LogP contribution in [0.25, 0.3) is 0 Å². The molecule has 0 aliphatic heterocycles. The van der Waals surface area contributed by atoms with Crippen LogP contribution in [-0.4, -0.2) is 14.2 Å². The van der Waals surface area contributed by atoms with Gasteiger partial charge in [0.1, 0.15) is 0 Å². The number of anilines is 1. The van der Waals surface area contributed by atoms with E-state index in [0.717, 1.165) is 0 Å². The van der Waals surface area contributed by atoms with Gasteiger partial charge >= 0.3 is 0 Å². The van der Waals surface area contributed by atoms with Crippen molar-refractivity contribution < 1.29 is 8.42 Å². The lowest BCUT2D eigenvalue weighted by molar-refractivity contribution is 0.594. The molecule has 0 amide bonds. The van der Waals surface area contributed by atoms with Gasteiger partial charge in [0, 0.05) is 12.1 Å². The number of hydrogen-bond acceptors (Lipinski definition) is 4. The summed E-state index contributed by atoms with van der Waals surface area (Å²) in [6.45, 7) is 0. The molecule has 1 rings (SSSR count). The van der Waals surface area contributed by atoms with Crippen LogP contribution in [0, 0.1) is 11.3 Å². The Kier molecular flexibility index (Phi) is 4.16. The van der Waals surface area contributed by atoms with Crippen LogP contribution in [0.5, 0.6) is 0 Å². The van der Waals surface area contributed by atoms with Gasteiger partial charge < -0.3 is 5.73 Å². The zero-order valence-electron chi connectivity index (χ0n) is 8.48. The van der Waals surface area contributed by atoms with E-state index < -0.39 is 9.84 Å². The Hall–Kier alpha value is -1.25. The molecule has 0 radical (unpaired) electrons. The number of halogens is 1. The van der Waals surface area contributed by atoms with Gasteiger partial charge in [-0.25, -0.2) is 8.42 Å². The minimum Gasteiger partial charge on any atom is -0.399 e. The van der Waals surface area contributed by atoms with Crippen LogP contribution >= 0.6 is 11.6 Å². The highest BCUT2D eigenvalue weighted by atomic mass is 35.5. The summed E-state index contributed by atoms with van der Waals surface area (Å²) >= 11 is 5.80. The maximum Gasteiger partial charge on any atom is 0.179 e. The number of benzene rings is 1. The second-order valence-electron chi connectivity index (χ2n) is 3.27. The highest BCUT2D eigenvalue weighted by Crippen LogP contribution is 2.25. The van der Waals surface area contributed by atoms with Gasteiger partial charge in [-0.15, -0.1) is 0 Å². The van der Waals surface area contributed by atoms with E-state index in [-0.39, 0.29) is 22.1 Å². The smallest absolute Gasteiger partial charge is 0.179 e. The number of sulfone groups is 1. The molecule has 86 valence electrons. The Labute approximate surface area is 99.6 Å². The van der Waals surface area contributed by atoms with Crippen LogP contribution in [0.4, 0.5) is 5.69 Å². The third-order valence-electron chi connectivity index (χ3n) is 1.99.